The van der Waals surface area contributed by atoms with Gasteiger partial charge in [-0.3, -0.25) is 14.9 Å². The Kier molecular flexibility index (Phi) is 5.06. The maximum atomic E-state index is 13.1. The van der Waals surface area contributed by atoms with Crippen LogP contribution >= 0.6 is 0 Å². The Morgan fingerprint density at radius 2 is 1.80 bits per heavy atom. The van der Waals surface area contributed by atoms with Crippen LogP contribution in [-0.4, -0.2) is 29.4 Å². The molecule has 4 aliphatic rings. The van der Waals surface area contributed by atoms with E-state index >= 15 is 0 Å². The molecule has 3 fully saturated rings. The molecule has 7 atom stereocenters. The molecule has 0 aromatic carbocycles. The summed E-state index contributed by atoms with van der Waals surface area (Å²) in [5.41, 5.74) is -0.426. The fourth-order valence-electron chi connectivity index (χ4n) is 7.33. The van der Waals surface area contributed by atoms with Gasteiger partial charge in [-0.1, -0.05) is 19.9 Å². The van der Waals surface area contributed by atoms with Crippen molar-refractivity contribution in [2.75, 3.05) is 0 Å². The lowest BCUT2D eigenvalue weighted by Gasteiger charge is -2.58. The van der Waals surface area contributed by atoms with Crippen molar-refractivity contribution in [3.63, 3.8) is 0 Å². The monoisotopic (exact) mass is 415 g/mol. The summed E-state index contributed by atoms with van der Waals surface area (Å²) < 4.78 is 0. The minimum atomic E-state index is -0.399. The third kappa shape index (κ3) is 3.46. The number of hydrogen-bond acceptors (Lipinski definition) is 3. The predicted octanol–water partition coefficient (Wildman–Crippen LogP) is 3.52. The number of urea groups is 1. The Hall–Kier alpha value is -1.85. The average molecular weight is 416 g/mol. The summed E-state index contributed by atoms with van der Waals surface area (Å²) in [4.78, 5) is 37.2. The SMILES string of the molecule is CC(C)(C)NC(=O)NC(=O)[C@H]1CC[C@H]2[C@@H]3CC[C@H]4NC(=O)C=C[C@]4(C)[C@H]3CC[C@]12C. The van der Waals surface area contributed by atoms with Crippen molar-refractivity contribution in [1.29, 1.82) is 0 Å². The van der Waals surface area contributed by atoms with Gasteiger partial charge in [0.25, 0.3) is 0 Å². The second-order valence-corrected chi connectivity index (χ2v) is 11.6. The maximum absolute atomic E-state index is 13.1. The quantitative estimate of drug-likeness (QED) is 0.612. The average Bonchev–Trinajstić information content (AvgIpc) is 2.98. The molecule has 166 valence electrons. The molecule has 6 heteroatoms. The first kappa shape index (κ1) is 21.4. The molecule has 4 amide bonds. The van der Waals surface area contributed by atoms with Crippen molar-refractivity contribution in [2.45, 2.75) is 84.7 Å². The second kappa shape index (κ2) is 7.10. The minimum Gasteiger partial charge on any atom is -0.349 e. The first-order valence-electron chi connectivity index (χ1n) is 11.6. The van der Waals surface area contributed by atoms with Gasteiger partial charge >= 0.3 is 6.03 Å². The zero-order valence-corrected chi connectivity index (χ0v) is 19.0. The van der Waals surface area contributed by atoms with Gasteiger partial charge in [-0.15, -0.1) is 0 Å². The molecule has 0 bridgehead atoms. The summed E-state index contributed by atoms with van der Waals surface area (Å²) in [7, 11) is 0. The van der Waals surface area contributed by atoms with Gasteiger partial charge in [-0.2, -0.15) is 0 Å². The summed E-state index contributed by atoms with van der Waals surface area (Å²) in [5, 5.41) is 8.64. The second-order valence-electron chi connectivity index (χ2n) is 11.6. The summed E-state index contributed by atoms with van der Waals surface area (Å²) in [6.07, 6.45) is 9.96. The van der Waals surface area contributed by atoms with Gasteiger partial charge in [-0.25, -0.2) is 4.79 Å². The highest BCUT2D eigenvalue weighted by Crippen LogP contribution is 2.64. The van der Waals surface area contributed by atoms with Crippen molar-refractivity contribution in [3.8, 4) is 0 Å². The fourth-order valence-corrected chi connectivity index (χ4v) is 7.33. The highest BCUT2D eigenvalue weighted by molar-refractivity contribution is 5.96. The first-order valence-corrected chi connectivity index (χ1v) is 11.6. The molecule has 1 heterocycles. The van der Waals surface area contributed by atoms with Crippen molar-refractivity contribution in [3.05, 3.63) is 12.2 Å². The molecule has 4 rings (SSSR count). The standard InChI is InChI=1S/C24H37N3O3/c1-22(2,3)27-21(30)26-20(29)17-8-7-15-14-6-9-18-24(5,13-11-19(28)25-18)16(14)10-12-23(15,17)4/h11,13-18H,6-10,12H2,1-5H3,(H,25,28)(H2,26,27,29,30)/t14-,15-,16-,17+,18+,23-,24+/m0/s1. The number of hydrogen-bond donors (Lipinski definition) is 3. The van der Waals surface area contributed by atoms with E-state index in [0.717, 1.165) is 38.5 Å². The zero-order valence-electron chi connectivity index (χ0n) is 19.0. The lowest BCUT2D eigenvalue weighted by atomic mass is 9.48. The van der Waals surface area contributed by atoms with Crippen LogP contribution in [0.5, 0.6) is 0 Å². The first-order chi connectivity index (χ1) is 13.9. The van der Waals surface area contributed by atoms with Crippen LogP contribution in [-0.2, 0) is 9.59 Å². The third-order valence-corrected chi connectivity index (χ3v) is 8.73. The number of carbonyl (C=O) groups excluding carboxylic acids is 3. The van der Waals surface area contributed by atoms with E-state index in [1.807, 2.05) is 20.8 Å². The van der Waals surface area contributed by atoms with Gasteiger partial charge < -0.3 is 10.6 Å². The van der Waals surface area contributed by atoms with Crippen LogP contribution in [0.2, 0.25) is 0 Å². The van der Waals surface area contributed by atoms with Crippen LogP contribution in [0.4, 0.5) is 4.79 Å². The zero-order chi connectivity index (χ0) is 21.9. The molecular weight excluding hydrogens is 378 g/mol. The fraction of sp³-hybridized carbons (Fsp3) is 0.792. The van der Waals surface area contributed by atoms with Crippen molar-refractivity contribution >= 4 is 17.8 Å². The van der Waals surface area contributed by atoms with Crippen molar-refractivity contribution in [1.82, 2.24) is 16.0 Å². The molecule has 0 spiro atoms. The van der Waals surface area contributed by atoms with Crippen LogP contribution in [0.15, 0.2) is 12.2 Å². The van der Waals surface area contributed by atoms with E-state index in [0.29, 0.717) is 17.8 Å². The lowest BCUT2D eigenvalue weighted by Crippen LogP contribution is -2.59. The van der Waals surface area contributed by atoms with Crippen LogP contribution in [0.3, 0.4) is 0 Å². The van der Waals surface area contributed by atoms with E-state index in [1.54, 1.807) is 6.08 Å². The minimum absolute atomic E-state index is 0.00506. The molecule has 30 heavy (non-hydrogen) atoms. The van der Waals surface area contributed by atoms with E-state index in [-0.39, 0.29) is 40.1 Å². The molecule has 6 nitrogen and oxygen atoms in total. The van der Waals surface area contributed by atoms with E-state index in [4.69, 9.17) is 0 Å². The van der Waals surface area contributed by atoms with Crippen molar-refractivity contribution in [2.24, 2.45) is 34.5 Å². The molecule has 0 aromatic heterocycles. The number of nitrogens with one attached hydrogen (secondary N) is 3. The van der Waals surface area contributed by atoms with Crippen LogP contribution in [0.1, 0.15) is 73.1 Å². The third-order valence-electron chi connectivity index (χ3n) is 8.73. The summed E-state index contributed by atoms with van der Waals surface area (Å²) >= 11 is 0. The van der Waals surface area contributed by atoms with Gasteiger partial charge in [0.1, 0.15) is 0 Å². The van der Waals surface area contributed by atoms with Crippen LogP contribution in [0, 0.1) is 34.5 Å². The maximum Gasteiger partial charge on any atom is 0.321 e. The molecule has 3 saturated carbocycles. The van der Waals surface area contributed by atoms with Gasteiger partial charge in [0.2, 0.25) is 11.8 Å². The Morgan fingerprint density at radius 1 is 1.07 bits per heavy atom. The topological polar surface area (TPSA) is 87.3 Å². The van der Waals surface area contributed by atoms with E-state index in [1.165, 1.54) is 0 Å². The lowest BCUT2D eigenvalue weighted by molar-refractivity contribution is -0.133. The number of carbonyl (C=O) groups is 3. The predicted molar refractivity (Wildman–Crippen MR) is 115 cm³/mol. The molecule has 0 unspecified atom stereocenters. The smallest absolute Gasteiger partial charge is 0.321 e. The Morgan fingerprint density at radius 3 is 2.50 bits per heavy atom. The normalized spacial score (nSPS) is 42.4. The summed E-state index contributed by atoms with van der Waals surface area (Å²) in [5.74, 6) is 1.42. The largest absolute Gasteiger partial charge is 0.349 e. The summed E-state index contributed by atoms with van der Waals surface area (Å²) in [6.45, 7) is 10.3. The molecule has 3 N–H and O–H groups in total. The van der Waals surface area contributed by atoms with Crippen LogP contribution in [0.25, 0.3) is 0 Å². The van der Waals surface area contributed by atoms with Gasteiger partial charge in [0, 0.05) is 22.9 Å². The summed E-state index contributed by atoms with van der Waals surface area (Å²) in [6, 6.07) is -0.175. The van der Waals surface area contributed by atoms with Gasteiger partial charge in [-0.05, 0) is 88.5 Å². The Balaban J connectivity index is 1.50. The van der Waals surface area contributed by atoms with Gasteiger partial charge in [0.15, 0.2) is 0 Å². The molecule has 3 aliphatic carbocycles. The van der Waals surface area contributed by atoms with Gasteiger partial charge in [0.05, 0.1) is 0 Å². The number of rotatable bonds is 1. The Bertz CT molecular complexity index is 785. The highest BCUT2D eigenvalue weighted by atomic mass is 16.2. The molecule has 0 aromatic rings. The number of imide groups is 1. The van der Waals surface area contributed by atoms with Crippen molar-refractivity contribution < 1.29 is 14.4 Å². The van der Waals surface area contributed by atoms with E-state index in [9.17, 15) is 14.4 Å². The number of fused-ring (bicyclic) bond motifs is 5. The van der Waals surface area contributed by atoms with Crippen LogP contribution < -0.4 is 16.0 Å². The molecule has 0 saturated heterocycles. The number of amides is 4. The Labute approximate surface area is 180 Å². The van der Waals surface area contributed by atoms with E-state index < -0.39 is 6.03 Å². The molecular formula is C24H37N3O3. The highest BCUT2D eigenvalue weighted by Gasteiger charge is 2.60. The van der Waals surface area contributed by atoms with E-state index in [2.05, 4.69) is 35.9 Å². The molecule has 0 radical (unpaired) electrons. The molecule has 1 aliphatic heterocycles.